The van der Waals surface area contributed by atoms with Gasteiger partial charge in [0.25, 0.3) is 0 Å². The summed E-state index contributed by atoms with van der Waals surface area (Å²) in [6.07, 6.45) is 0. The lowest BCUT2D eigenvalue weighted by Gasteiger charge is -2.09. The van der Waals surface area contributed by atoms with E-state index in [9.17, 15) is 13.4 Å². The molecule has 1 atom stereocenters. The van der Waals surface area contributed by atoms with E-state index in [4.69, 9.17) is 23.1 Å². The van der Waals surface area contributed by atoms with E-state index >= 15 is 0 Å². The number of hydrogen-bond donors (Lipinski definition) is 2. The van der Waals surface area contributed by atoms with Gasteiger partial charge in [-0.3, -0.25) is 9.00 Å². The van der Waals surface area contributed by atoms with Gasteiger partial charge in [-0.2, -0.15) is 0 Å². The maximum absolute atomic E-state index is 13.8. The second kappa shape index (κ2) is 6.24. The SMILES string of the molecule is NC(=O)c1ccc(F)c(CS(=O)c2c(N)cccc2Cl)c1. The number of anilines is 1. The second-order valence-electron chi connectivity index (χ2n) is 4.32. The largest absolute Gasteiger partial charge is 0.398 e. The van der Waals surface area contributed by atoms with Crippen LogP contribution < -0.4 is 11.5 Å². The zero-order valence-electron chi connectivity index (χ0n) is 10.8. The number of halogens is 2. The van der Waals surface area contributed by atoms with E-state index < -0.39 is 22.5 Å². The number of amides is 1. The van der Waals surface area contributed by atoms with Crippen molar-refractivity contribution in [1.29, 1.82) is 0 Å². The lowest BCUT2D eigenvalue weighted by atomic mass is 10.1. The van der Waals surface area contributed by atoms with E-state index in [-0.39, 0.29) is 32.5 Å². The predicted molar refractivity (Wildman–Crippen MR) is 80.9 cm³/mol. The average molecular weight is 327 g/mol. The van der Waals surface area contributed by atoms with Gasteiger partial charge in [-0.25, -0.2) is 4.39 Å². The fourth-order valence-electron chi connectivity index (χ4n) is 1.82. The van der Waals surface area contributed by atoms with Crippen molar-refractivity contribution in [3.8, 4) is 0 Å². The number of nitrogens with two attached hydrogens (primary N) is 2. The highest BCUT2D eigenvalue weighted by atomic mass is 35.5. The molecule has 2 rings (SSSR count). The van der Waals surface area contributed by atoms with Crippen LogP contribution in [0.4, 0.5) is 10.1 Å². The third-order valence-corrected chi connectivity index (χ3v) is 4.75. The molecule has 2 aromatic carbocycles. The van der Waals surface area contributed by atoms with Gasteiger partial charge < -0.3 is 11.5 Å². The lowest BCUT2D eigenvalue weighted by Crippen LogP contribution is -2.12. The third kappa shape index (κ3) is 3.40. The normalized spacial score (nSPS) is 12.1. The average Bonchev–Trinajstić information content (AvgIpc) is 2.40. The molecule has 0 bridgehead atoms. The van der Waals surface area contributed by atoms with Gasteiger partial charge >= 0.3 is 0 Å². The van der Waals surface area contributed by atoms with Gasteiger partial charge in [0.2, 0.25) is 5.91 Å². The van der Waals surface area contributed by atoms with Crippen molar-refractivity contribution in [2.24, 2.45) is 5.73 Å². The molecule has 1 amide bonds. The van der Waals surface area contributed by atoms with Crippen LogP contribution in [0.1, 0.15) is 15.9 Å². The summed E-state index contributed by atoms with van der Waals surface area (Å²) >= 11 is 5.97. The first-order valence-corrected chi connectivity index (χ1v) is 7.60. The molecule has 0 saturated carbocycles. The first kappa shape index (κ1) is 15.5. The van der Waals surface area contributed by atoms with Gasteiger partial charge in [-0.05, 0) is 30.3 Å². The zero-order valence-corrected chi connectivity index (χ0v) is 12.4. The maximum atomic E-state index is 13.8. The van der Waals surface area contributed by atoms with Crippen molar-refractivity contribution < 1.29 is 13.4 Å². The molecule has 0 saturated heterocycles. The van der Waals surface area contributed by atoms with Crippen molar-refractivity contribution in [2.75, 3.05) is 5.73 Å². The maximum Gasteiger partial charge on any atom is 0.248 e. The number of hydrogen-bond acceptors (Lipinski definition) is 3. The minimum atomic E-state index is -1.64. The topological polar surface area (TPSA) is 86.2 Å². The van der Waals surface area contributed by atoms with Gasteiger partial charge in [0.15, 0.2) is 0 Å². The molecule has 4 nitrogen and oxygen atoms in total. The molecule has 4 N–H and O–H groups in total. The van der Waals surface area contributed by atoms with Crippen molar-refractivity contribution in [2.45, 2.75) is 10.6 Å². The summed E-state index contributed by atoms with van der Waals surface area (Å²) in [5.74, 6) is -1.40. The summed E-state index contributed by atoms with van der Waals surface area (Å²) in [5.41, 5.74) is 11.4. The van der Waals surface area contributed by atoms with Gasteiger partial charge in [-0.15, -0.1) is 0 Å². The quantitative estimate of drug-likeness (QED) is 0.846. The number of rotatable bonds is 4. The molecule has 0 aliphatic heterocycles. The smallest absolute Gasteiger partial charge is 0.248 e. The van der Waals surface area contributed by atoms with Crippen molar-refractivity contribution in [1.82, 2.24) is 0 Å². The van der Waals surface area contributed by atoms with Gasteiger partial charge in [0.05, 0.1) is 26.5 Å². The Hall–Kier alpha value is -1.92. The first-order chi connectivity index (χ1) is 9.90. The second-order valence-corrected chi connectivity index (χ2v) is 6.11. The standard InChI is InChI=1S/C14H12ClFN2O2S/c15-10-2-1-3-12(17)13(10)21(20)7-9-6-8(14(18)19)4-5-11(9)16/h1-6H,7,17H2,(H2,18,19). The highest BCUT2D eigenvalue weighted by Crippen LogP contribution is 2.28. The van der Waals surface area contributed by atoms with E-state index in [0.717, 1.165) is 6.07 Å². The summed E-state index contributed by atoms with van der Waals surface area (Å²) in [6, 6.07) is 8.42. The van der Waals surface area contributed by atoms with Crippen LogP contribution in [-0.4, -0.2) is 10.1 Å². The predicted octanol–water partition coefficient (Wildman–Crippen LogP) is 2.47. The molecule has 1 unspecified atom stereocenters. The van der Waals surface area contributed by atoms with E-state index in [1.165, 1.54) is 12.1 Å². The van der Waals surface area contributed by atoms with Crippen LogP contribution in [-0.2, 0) is 16.6 Å². The minimum absolute atomic E-state index is 0.115. The van der Waals surface area contributed by atoms with Crippen molar-refractivity contribution in [3.63, 3.8) is 0 Å². The van der Waals surface area contributed by atoms with Crippen molar-refractivity contribution >= 4 is 34.0 Å². The Kier molecular flexibility index (Phi) is 4.59. The Morgan fingerprint density at radius 3 is 2.62 bits per heavy atom. The molecule has 7 heteroatoms. The van der Waals surface area contributed by atoms with Gasteiger partial charge in [-0.1, -0.05) is 17.7 Å². The molecule has 0 aromatic heterocycles. The lowest BCUT2D eigenvalue weighted by molar-refractivity contribution is 0.1000. The van der Waals surface area contributed by atoms with Crippen LogP contribution >= 0.6 is 11.6 Å². The summed E-state index contributed by atoms with van der Waals surface area (Å²) in [6.45, 7) is 0. The summed E-state index contributed by atoms with van der Waals surface area (Å²) in [4.78, 5) is 11.4. The fourth-order valence-corrected chi connectivity index (χ4v) is 3.52. The molecule has 0 aliphatic rings. The minimum Gasteiger partial charge on any atom is -0.398 e. The number of carbonyl (C=O) groups excluding carboxylic acids is 1. The number of primary amides is 1. The van der Waals surface area contributed by atoms with E-state index in [1.54, 1.807) is 18.2 Å². The van der Waals surface area contributed by atoms with Crippen LogP contribution in [0.5, 0.6) is 0 Å². The number of nitrogen functional groups attached to an aromatic ring is 1. The first-order valence-electron chi connectivity index (χ1n) is 5.90. The van der Waals surface area contributed by atoms with Crippen molar-refractivity contribution in [3.05, 3.63) is 58.4 Å². The Morgan fingerprint density at radius 1 is 1.29 bits per heavy atom. The van der Waals surface area contributed by atoms with Crippen LogP contribution in [0.3, 0.4) is 0 Å². The Morgan fingerprint density at radius 2 is 2.00 bits per heavy atom. The molecule has 2 aromatic rings. The summed E-state index contributed by atoms with van der Waals surface area (Å²) in [5, 5.41) is 0.250. The summed E-state index contributed by atoms with van der Waals surface area (Å²) in [7, 11) is -1.64. The highest BCUT2D eigenvalue weighted by Gasteiger charge is 2.16. The molecule has 0 fully saturated rings. The molecule has 0 heterocycles. The van der Waals surface area contributed by atoms with E-state index in [2.05, 4.69) is 0 Å². The van der Waals surface area contributed by atoms with E-state index in [1.807, 2.05) is 0 Å². The highest BCUT2D eigenvalue weighted by molar-refractivity contribution is 7.84. The Labute approximate surface area is 128 Å². The molecular formula is C14H12ClFN2O2S. The molecular weight excluding hydrogens is 315 g/mol. The number of carbonyl (C=O) groups is 1. The fraction of sp³-hybridized carbons (Fsp3) is 0.0714. The Bertz CT molecular complexity index is 717. The summed E-state index contributed by atoms with van der Waals surface area (Å²) < 4.78 is 26.1. The van der Waals surface area contributed by atoms with Crippen LogP contribution in [0.25, 0.3) is 0 Å². The molecule has 0 spiro atoms. The van der Waals surface area contributed by atoms with Crippen LogP contribution in [0.2, 0.25) is 5.02 Å². The van der Waals surface area contributed by atoms with Crippen LogP contribution in [0.15, 0.2) is 41.3 Å². The van der Waals surface area contributed by atoms with Crippen LogP contribution in [0, 0.1) is 5.82 Å². The molecule has 0 radical (unpaired) electrons. The molecule has 0 aliphatic carbocycles. The molecule has 21 heavy (non-hydrogen) atoms. The Balaban J connectivity index is 2.36. The van der Waals surface area contributed by atoms with Gasteiger partial charge in [0, 0.05) is 16.8 Å². The monoisotopic (exact) mass is 326 g/mol. The van der Waals surface area contributed by atoms with Gasteiger partial charge in [0.1, 0.15) is 5.82 Å². The molecule has 110 valence electrons. The van der Waals surface area contributed by atoms with E-state index in [0.29, 0.717) is 0 Å². The zero-order chi connectivity index (χ0) is 15.6. The number of benzene rings is 2. The third-order valence-electron chi connectivity index (χ3n) is 2.84.